The normalized spacial score (nSPS) is 16.5. The number of nitrogens with one attached hydrogen (secondary N) is 1. The summed E-state index contributed by atoms with van der Waals surface area (Å²) in [7, 11) is -3.83. The number of carbonyl (C=O) groups is 1. The van der Waals surface area contributed by atoms with E-state index in [1.807, 2.05) is 24.3 Å². The molecular weight excluding hydrogens is 410 g/mol. The molecule has 0 radical (unpaired) electrons. The highest BCUT2D eigenvalue weighted by atomic mass is 32.2. The highest BCUT2D eigenvalue weighted by Gasteiger charge is 2.28. The minimum absolute atomic E-state index is 0.0286. The number of rotatable bonds is 6. The average Bonchev–Trinajstić information content (AvgIpc) is 2.76. The number of fused-ring (bicyclic) bond motifs is 1. The monoisotopic (exact) mass is 435 g/mol. The first kappa shape index (κ1) is 21.2. The van der Waals surface area contributed by atoms with Crippen LogP contribution in [-0.2, 0) is 27.7 Å². The van der Waals surface area contributed by atoms with Gasteiger partial charge < -0.3 is 5.32 Å². The lowest BCUT2D eigenvalue weighted by Gasteiger charge is -2.37. The fraction of sp³-hybridized carbons (Fsp3) is 0.208. The Morgan fingerprint density at radius 3 is 2.52 bits per heavy atom. The molecule has 1 aliphatic rings. The van der Waals surface area contributed by atoms with Gasteiger partial charge in [-0.1, -0.05) is 60.7 Å². The van der Waals surface area contributed by atoms with Crippen LogP contribution in [0.15, 0.2) is 83.8 Å². The zero-order chi connectivity index (χ0) is 21.8. The molecule has 1 heterocycles. The van der Waals surface area contributed by atoms with E-state index in [0.29, 0.717) is 5.69 Å². The van der Waals surface area contributed by atoms with Gasteiger partial charge in [0.25, 0.3) is 0 Å². The highest BCUT2D eigenvalue weighted by molar-refractivity contribution is 7.89. The van der Waals surface area contributed by atoms with E-state index in [-0.39, 0.29) is 23.4 Å². The third-order valence-corrected chi connectivity index (χ3v) is 6.50. The summed E-state index contributed by atoms with van der Waals surface area (Å²) in [5.74, 6) is -0.191. The average molecular weight is 436 g/mol. The van der Waals surface area contributed by atoms with Crippen molar-refractivity contribution >= 4 is 21.6 Å². The second kappa shape index (κ2) is 9.01. The van der Waals surface area contributed by atoms with Crippen molar-refractivity contribution in [1.29, 1.82) is 0 Å². The molecule has 0 saturated heterocycles. The van der Waals surface area contributed by atoms with Crippen LogP contribution in [0, 0.1) is 0 Å². The second-order valence-corrected chi connectivity index (χ2v) is 9.31. The van der Waals surface area contributed by atoms with Gasteiger partial charge in [0.2, 0.25) is 15.9 Å². The first-order valence-corrected chi connectivity index (χ1v) is 11.7. The van der Waals surface area contributed by atoms with Crippen LogP contribution in [0.25, 0.3) is 0 Å². The van der Waals surface area contributed by atoms with E-state index in [4.69, 9.17) is 5.14 Å². The molecule has 3 aromatic rings. The largest absolute Gasteiger partial charge is 0.325 e. The zero-order valence-corrected chi connectivity index (χ0v) is 17.9. The number of nitrogens with zero attached hydrogens (tertiary/aromatic N) is 1. The first-order chi connectivity index (χ1) is 14.9. The summed E-state index contributed by atoms with van der Waals surface area (Å²) >= 11 is 0. The topological polar surface area (TPSA) is 92.5 Å². The molecule has 0 saturated carbocycles. The Hall–Kier alpha value is -3.00. The fourth-order valence-corrected chi connectivity index (χ4v) is 4.66. The number of hydrogen-bond acceptors (Lipinski definition) is 4. The molecule has 6 nitrogen and oxygen atoms in total. The maximum atomic E-state index is 12.8. The molecule has 4 rings (SSSR count). The van der Waals surface area contributed by atoms with Crippen LogP contribution in [0.3, 0.4) is 0 Å². The maximum Gasteiger partial charge on any atom is 0.238 e. The van der Waals surface area contributed by atoms with Gasteiger partial charge in [0.1, 0.15) is 0 Å². The van der Waals surface area contributed by atoms with Crippen molar-refractivity contribution in [3.05, 3.63) is 95.6 Å². The van der Waals surface area contributed by atoms with Gasteiger partial charge in [0.05, 0.1) is 11.4 Å². The van der Waals surface area contributed by atoms with E-state index in [0.717, 1.165) is 19.4 Å². The van der Waals surface area contributed by atoms with Crippen molar-refractivity contribution in [3.8, 4) is 0 Å². The predicted molar refractivity (Wildman–Crippen MR) is 121 cm³/mol. The SMILES string of the molecule is NS(=O)(=O)c1cccc(NC(=O)CN2CCc3ccccc3C2Cc2ccccc2)c1. The molecule has 31 heavy (non-hydrogen) atoms. The maximum absolute atomic E-state index is 12.8. The Kier molecular flexibility index (Phi) is 6.18. The van der Waals surface area contributed by atoms with Crippen molar-refractivity contribution < 1.29 is 13.2 Å². The minimum atomic E-state index is -3.83. The number of primary sulfonamides is 1. The molecule has 3 N–H and O–H groups in total. The molecule has 1 atom stereocenters. The summed E-state index contributed by atoms with van der Waals surface area (Å²) in [6.45, 7) is 0.991. The summed E-state index contributed by atoms with van der Waals surface area (Å²) in [5.41, 5.74) is 4.20. The van der Waals surface area contributed by atoms with Crippen LogP contribution in [0.2, 0.25) is 0 Å². The van der Waals surface area contributed by atoms with Gasteiger partial charge in [-0.05, 0) is 47.7 Å². The van der Waals surface area contributed by atoms with Crippen LogP contribution in [0.5, 0.6) is 0 Å². The van der Waals surface area contributed by atoms with Crippen molar-refractivity contribution in [2.75, 3.05) is 18.4 Å². The summed E-state index contributed by atoms with van der Waals surface area (Å²) < 4.78 is 23.2. The quantitative estimate of drug-likeness (QED) is 0.622. The molecule has 0 fully saturated rings. The predicted octanol–water partition coefficient (Wildman–Crippen LogP) is 3.11. The van der Waals surface area contributed by atoms with Crippen LogP contribution < -0.4 is 10.5 Å². The first-order valence-electron chi connectivity index (χ1n) is 10.2. The van der Waals surface area contributed by atoms with Crippen molar-refractivity contribution in [1.82, 2.24) is 4.90 Å². The summed E-state index contributed by atoms with van der Waals surface area (Å²) in [5, 5.41) is 8.00. The number of carbonyl (C=O) groups excluding carboxylic acids is 1. The van der Waals surface area contributed by atoms with E-state index in [1.165, 1.54) is 28.8 Å². The Bertz CT molecular complexity index is 1180. The lowest BCUT2D eigenvalue weighted by atomic mass is 9.88. The van der Waals surface area contributed by atoms with Crippen molar-refractivity contribution in [2.45, 2.75) is 23.8 Å². The summed E-state index contributed by atoms with van der Waals surface area (Å²) in [4.78, 5) is 15.0. The highest BCUT2D eigenvalue weighted by Crippen LogP contribution is 2.32. The molecule has 3 aromatic carbocycles. The van der Waals surface area contributed by atoms with E-state index in [1.54, 1.807) is 12.1 Å². The minimum Gasteiger partial charge on any atom is -0.325 e. The van der Waals surface area contributed by atoms with Crippen LogP contribution >= 0.6 is 0 Å². The van der Waals surface area contributed by atoms with E-state index in [2.05, 4.69) is 40.5 Å². The van der Waals surface area contributed by atoms with Gasteiger partial charge in [0.15, 0.2) is 0 Å². The number of hydrogen-bond donors (Lipinski definition) is 2. The van der Waals surface area contributed by atoms with Crippen LogP contribution in [0.1, 0.15) is 22.7 Å². The standard InChI is InChI=1S/C24H25N3O3S/c25-31(29,30)21-11-6-10-20(16-21)26-24(28)17-27-14-13-19-9-4-5-12-22(19)23(27)15-18-7-2-1-3-8-18/h1-12,16,23H,13-15,17H2,(H,26,28)(H2,25,29,30). The second-order valence-electron chi connectivity index (χ2n) is 7.75. The van der Waals surface area contributed by atoms with Crippen LogP contribution in [-0.4, -0.2) is 32.3 Å². The lowest BCUT2D eigenvalue weighted by molar-refractivity contribution is -0.118. The smallest absolute Gasteiger partial charge is 0.238 e. The third-order valence-electron chi connectivity index (χ3n) is 5.59. The molecule has 160 valence electrons. The van der Waals surface area contributed by atoms with E-state index in [9.17, 15) is 13.2 Å². The number of sulfonamides is 1. The van der Waals surface area contributed by atoms with E-state index >= 15 is 0 Å². The number of benzene rings is 3. The molecule has 0 aromatic heterocycles. The summed E-state index contributed by atoms with van der Waals surface area (Å²) in [6, 6.07) is 24.7. The molecule has 1 aliphatic heterocycles. The van der Waals surface area contributed by atoms with Gasteiger partial charge in [-0.2, -0.15) is 0 Å². The van der Waals surface area contributed by atoms with Gasteiger partial charge >= 0.3 is 0 Å². The van der Waals surface area contributed by atoms with Gasteiger partial charge in [-0.25, -0.2) is 13.6 Å². The Balaban J connectivity index is 1.53. The molecule has 1 amide bonds. The zero-order valence-electron chi connectivity index (χ0n) is 17.1. The van der Waals surface area contributed by atoms with Gasteiger partial charge in [-0.3, -0.25) is 9.69 Å². The number of nitrogens with two attached hydrogens (primary N) is 1. The molecule has 7 heteroatoms. The number of anilines is 1. The van der Waals surface area contributed by atoms with Crippen molar-refractivity contribution in [3.63, 3.8) is 0 Å². The van der Waals surface area contributed by atoms with Crippen molar-refractivity contribution in [2.24, 2.45) is 5.14 Å². The molecular formula is C24H25N3O3S. The van der Waals surface area contributed by atoms with Gasteiger partial charge in [0, 0.05) is 18.3 Å². The van der Waals surface area contributed by atoms with E-state index < -0.39 is 10.0 Å². The molecule has 0 aliphatic carbocycles. The lowest BCUT2D eigenvalue weighted by Crippen LogP contribution is -2.41. The Labute approximate surface area is 182 Å². The number of amides is 1. The van der Waals surface area contributed by atoms with Crippen LogP contribution in [0.4, 0.5) is 5.69 Å². The molecule has 1 unspecified atom stereocenters. The Morgan fingerprint density at radius 2 is 1.74 bits per heavy atom. The third kappa shape index (κ3) is 5.19. The summed E-state index contributed by atoms with van der Waals surface area (Å²) in [6.07, 6.45) is 1.70. The fourth-order valence-electron chi connectivity index (χ4n) is 4.11. The molecule has 0 bridgehead atoms. The molecule has 0 spiro atoms. The Morgan fingerprint density at radius 1 is 1.00 bits per heavy atom. The van der Waals surface area contributed by atoms with Gasteiger partial charge in [-0.15, -0.1) is 0 Å².